The van der Waals surface area contributed by atoms with Gasteiger partial charge >= 0.3 is 11.9 Å². The number of rotatable bonds is 12. The molecule has 0 aromatic heterocycles. The van der Waals surface area contributed by atoms with Crippen molar-refractivity contribution in [1.82, 2.24) is 4.90 Å². The van der Waals surface area contributed by atoms with Gasteiger partial charge in [-0.15, -0.1) is 8.86 Å². The number of carboxylic acid groups (broad SMARTS) is 1. The molecule has 50 heavy (non-hydrogen) atoms. The number of hydrogen-bond donors (Lipinski definition) is 1. The fraction of sp³-hybridized carbons (Fsp3) is 0.805. The smallest absolute Gasteiger partial charge is 0.309 e. The van der Waals surface area contributed by atoms with Crippen molar-refractivity contribution in [2.75, 3.05) is 46.4 Å². The third-order valence-corrected chi connectivity index (χ3v) is 29.2. The van der Waals surface area contributed by atoms with Crippen LogP contribution < -0.4 is 0 Å². The number of nitrogens with zero attached hydrogens (tertiary/aromatic N) is 1. The Morgan fingerprint density at radius 2 is 1.70 bits per heavy atom. The molecule has 2 saturated heterocycles. The van der Waals surface area contributed by atoms with E-state index in [9.17, 15) is 19.5 Å². The molecule has 0 spiro atoms. The molecular formula is C41H70NO5P3+2. The summed E-state index contributed by atoms with van der Waals surface area (Å²) >= 11 is 0. The topological polar surface area (TPSA) is 83.9 Å². The summed E-state index contributed by atoms with van der Waals surface area (Å²) in [6.07, 6.45) is 12.4. The molecule has 3 fully saturated rings. The van der Waals surface area contributed by atoms with Crippen LogP contribution >= 0.6 is 23.4 Å². The molecule has 9 heteroatoms. The van der Waals surface area contributed by atoms with Gasteiger partial charge in [-0.3, -0.25) is 14.4 Å². The monoisotopic (exact) mass is 749 g/mol. The van der Waals surface area contributed by atoms with Gasteiger partial charge in [0, 0.05) is 56.5 Å². The molecule has 2 aliphatic carbocycles. The Hall–Kier alpha value is -1.08. The maximum absolute atomic E-state index is 13.0. The van der Waals surface area contributed by atoms with Gasteiger partial charge < -0.3 is 14.7 Å². The van der Waals surface area contributed by atoms with E-state index in [1.54, 1.807) is 26.3 Å². The highest BCUT2D eigenvalue weighted by Crippen LogP contribution is 2.96. The van der Waals surface area contributed by atoms with Crippen LogP contribution in [0.1, 0.15) is 120 Å². The van der Waals surface area contributed by atoms with Crippen LogP contribution in [0.15, 0.2) is 22.9 Å². The molecule has 6 nitrogen and oxygen atoms in total. The first-order valence-electron chi connectivity index (χ1n) is 19.1. The van der Waals surface area contributed by atoms with Gasteiger partial charge in [-0.2, -0.15) is 0 Å². The van der Waals surface area contributed by atoms with Crippen molar-refractivity contribution in [2.45, 2.75) is 136 Å². The normalized spacial score (nSPS) is 36.0. The molecule has 0 aromatic carbocycles. The summed E-state index contributed by atoms with van der Waals surface area (Å²) in [5.74, 6) is -0.400. The molecule has 0 aromatic rings. The first kappa shape index (κ1) is 41.7. The summed E-state index contributed by atoms with van der Waals surface area (Å²) in [7, 11) is 5.49. The van der Waals surface area contributed by atoms with Gasteiger partial charge in [0.2, 0.25) is 0 Å². The van der Waals surface area contributed by atoms with Gasteiger partial charge in [0.05, 0.1) is 63.8 Å². The lowest BCUT2D eigenvalue weighted by Crippen LogP contribution is -2.64. The summed E-state index contributed by atoms with van der Waals surface area (Å²) in [6.45, 7) is 27.6. The van der Waals surface area contributed by atoms with Gasteiger partial charge in [-0.1, -0.05) is 27.7 Å². The highest BCUT2D eigenvalue weighted by molar-refractivity contribution is 7.94. The molecule has 2 heterocycles. The van der Waals surface area contributed by atoms with Crippen LogP contribution in [0.4, 0.5) is 0 Å². The van der Waals surface area contributed by atoms with Crippen LogP contribution in [0, 0.1) is 28.1 Å². The molecule has 4 aliphatic rings. The number of carbonyl (C=O) groups excluding carboxylic acids is 2. The number of hydrogen-bond acceptors (Lipinski definition) is 5. The maximum atomic E-state index is 13.0. The second-order valence-electron chi connectivity index (χ2n) is 19.0. The summed E-state index contributed by atoms with van der Waals surface area (Å²) in [5.41, 5.74) is 3.15. The van der Waals surface area contributed by atoms with Crippen LogP contribution in [0.2, 0.25) is 0 Å². The molecular weight excluding hydrogens is 679 g/mol. The van der Waals surface area contributed by atoms with E-state index in [1.165, 1.54) is 41.7 Å². The first-order chi connectivity index (χ1) is 22.8. The summed E-state index contributed by atoms with van der Waals surface area (Å²) in [4.78, 5) is 39.9. The zero-order valence-electron chi connectivity index (χ0n) is 34.0. The Labute approximate surface area is 308 Å². The van der Waals surface area contributed by atoms with Crippen molar-refractivity contribution in [3.8, 4) is 0 Å². The van der Waals surface area contributed by atoms with E-state index in [0.717, 1.165) is 38.5 Å². The minimum absolute atomic E-state index is 0.114. The lowest BCUT2D eigenvalue weighted by molar-refractivity contribution is -0.159. The zero-order chi connectivity index (χ0) is 38.0. The van der Waals surface area contributed by atoms with Gasteiger partial charge in [-0.05, 0) is 94.5 Å². The number of aliphatic carboxylic acids is 1. The highest BCUT2D eigenvalue weighted by atomic mass is 31.2. The lowest BCUT2D eigenvalue weighted by Gasteiger charge is -2.69. The average Bonchev–Trinajstić information content (AvgIpc) is 3.30. The van der Waals surface area contributed by atoms with Crippen molar-refractivity contribution >= 4 is 46.4 Å². The average molecular weight is 750 g/mol. The highest BCUT2D eigenvalue weighted by Gasteiger charge is 2.81. The second kappa shape index (κ2) is 14.0. The Morgan fingerprint density at radius 3 is 2.22 bits per heavy atom. The van der Waals surface area contributed by atoms with Crippen molar-refractivity contribution in [2.24, 2.45) is 28.1 Å². The van der Waals surface area contributed by atoms with E-state index in [1.807, 2.05) is 6.08 Å². The number of ether oxygens (including phenoxy) is 1. The predicted octanol–water partition coefficient (Wildman–Crippen LogP) is 9.90. The maximum Gasteiger partial charge on any atom is 0.309 e. The Kier molecular flexibility index (Phi) is 11.6. The third-order valence-electron chi connectivity index (χ3n) is 15.3. The summed E-state index contributed by atoms with van der Waals surface area (Å²) in [5, 5.41) is 11.1. The van der Waals surface area contributed by atoms with E-state index in [2.05, 4.69) is 89.4 Å². The van der Waals surface area contributed by atoms with Crippen LogP contribution in [0.3, 0.4) is 0 Å². The molecule has 4 rings (SSSR count). The molecule has 2 aliphatic heterocycles. The fourth-order valence-electron chi connectivity index (χ4n) is 11.5. The van der Waals surface area contributed by atoms with Gasteiger partial charge in [0.25, 0.3) is 0 Å². The zero-order valence-corrected chi connectivity index (χ0v) is 36.8. The third kappa shape index (κ3) is 6.34. The lowest BCUT2D eigenvalue weighted by atomic mass is 9.50. The van der Waals surface area contributed by atoms with Crippen molar-refractivity contribution in [3.05, 3.63) is 22.9 Å². The van der Waals surface area contributed by atoms with Crippen LogP contribution in [-0.2, 0) is 19.1 Å². The largest absolute Gasteiger partial charge is 0.481 e. The summed E-state index contributed by atoms with van der Waals surface area (Å²) in [6, 6.07) is 0. The molecule has 1 saturated carbocycles. The molecule has 282 valence electrons. The van der Waals surface area contributed by atoms with Crippen LogP contribution in [0.5, 0.6) is 0 Å². The standard InChI is InChI=1S/C41H69NO5P3/c1-15-29(47-33(44)26-37(5,6)36(45)46)16-18-40(9)49(12,13)23-21-39(8)38(7)19-20-41(32(42(10)11)24-28(4)43)25-31(48)34(27(2)3)35(41)30(38)17-22-50(39,40)14/h24,27,29-30,48H,15-23,25-26H2,1-14H3/q+1/p+1/b32-24-/t29?,30?,38-,39?,40?,41?,50?/m1/s1. The second-order valence-corrected chi connectivity index (χ2v) is 29.6. The van der Waals surface area contributed by atoms with Gasteiger partial charge in [0.1, 0.15) is 6.10 Å². The molecule has 0 amide bonds. The first-order valence-corrected chi connectivity index (χ1v) is 24.9. The van der Waals surface area contributed by atoms with E-state index < -0.39 is 31.9 Å². The van der Waals surface area contributed by atoms with E-state index in [4.69, 9.17) is 4.74 Å². The number of ketones is 1. The Bertz CT molecular complexity index is 1480. The SMILES string of the molecule is CCC(CCC1(C)[P+](C)(C)CCC2(C)[C@]3(C)CCC4(/C(=C/C(C)=O)N(C)C)CC(=P)C(C(C)C)=C4C3CC[P+]21C)OC(=O)CC(C)(C)C(=O)O. The number of allylic oxidation sites excluding steroid dienone is 3. The Balaban J connectivity index is 1.77. The van der Waals surface area contributed by atoms with Crippen molar-refractivity contribution in [3.63, 3.8) is 0 Å². The fourth-order valence-corrected chi connectivity index (χ4v) is 26.1. The molecule has 1 N–H and O–H groups in total. The number of fused-ring (bicyclic) bond motifs is 5. The summed E-state index contributed by atoms with van der Waals surface area (Å²) < 4.78 is 6.04. The van der Waals surface area contributed by atoms with Crippen molar-refractivity contribution < 1.29 is 24.2 Å². The molecule has 0 bridgehead atoms. The number of carbonyl (C=O) groups is 3. The van der Waals surface area contributed by atoms with Gasteiger partial charge in [-0.25, -0.2) is 0 Å². The van der Waals surface area contributed by atoms with E-state index in [0.29, 0.717) is 11.8 Å². The number of esters is 1. The van der Waals surface area contributed by atoms with E-state index in [-0.39, 0.29) is 39.2 Å². The van der Waals surface area contributed by atoms with Gasteiger partial charge in [0.15, 0.2) is 10.7 Å². The van der Waals surface area contributed by atoms with Crippen molar-refractivity contribution in [1.29, 1.82) is 0 Å². The quantitative estimate of drug-likeness (QED) is 0.122. The molecule has 0 radical (unpaired) electrons. The Morgan fingerprint density at radius 1 is 1.08 bits per heavy atom. The van der Waals surface area contributed by atoms with E-state index >= 15 is 0 Å². The van der Waals surface area contributed by atoms with Crippen LogP contribution in [-0.4, -0.2) is 95.6 Å². The molecule has 6 unspecified atom stereocenters. The predicted molar refractivity (Wildman–Crippen MR) is 218 cm³/mol. The minimum atomic E-state index is -1.60. The minimum Gasteiger partial charge on any atom is -0.481 e. The number of carboxylic acids is 1. The van der Waals surface area contributed by atoms with Crippen LogP contribution in [0.25, 0.3) is 0 Å². The molecule has 7 atom stereocenters.